The van der Waals surface area contributed by atoms with E-state index in [1.165, 1.54) is 12.3 Å². The van der Waals surface area contributed by atoms with Gasteiger partial charge in [0.15, 0.2) is 5.03 Å². The summed E-state index contributed by atoms with van der Waals surface area (Å²) in [6.07, 6.45) is 1.41. The first-order chi connectivity index (χ1) is 9.31. The second-order valence-electron chi connectivity index (χ2n) is 4.61. The van der Waals surface area contributed by atoms with E-state index in [0.717, 1.165) is 15.3 Å². The van der Waals surface area contributed by atoms with Gasteiger partial charge < -0.3 is 5.73 Å². The van der Waals surface area contributed by atoms with Gasteiger partial charge in [0.2, 0.25) is 0 Å². The van der Waals surface area contributed by atoms with Crippen molar-refractivity contribution in [1.29, 1.82) is 0 Å². The molecule has 0 aromatic carbocycles. The maximum atomic E-state index is 12.3. The van der Waals surface area contributed by atoms with Crippen molar-refractivity contribution < 1.29 is 8.42 Å². The lowest BCUT2D eigenvalue weighted by atomic mass is 10.1. The molecule has 0 bridgehead atoms. The van der Waals surface area contributed by atoms with Crippen molar-refractivity contribution in [2.75, 3.05) is 5.73 Å². The monoisotopic (exact) mass is 311 g/mol. The van der Waals surface area contributed by atoms with Gasteiger partial charge in [0, 0.05) is 22.0 Å². The summed E-state index contributed by atoms with van der Waals surface area (Å²) in [6, 6.07) is 4.79. The van der Waals surface area contributed by atoms with E-state index in [1.54, 1.807) is 17.4 Å². The molecule has 5 nitrogen and oxygen atoms in total. The van der Waals surface area contributed by atoms with E-state index in [-0.39, 0.29) is 16.8 Å². The molecule has 0 saturated carbocycles. The number of nitrogen functional groups attached to an aromatic ring is 1. The quantitative estimate of drug-likeness (QED) is 0.908. The topological polar surface area (TPSA) is 85.1 Å². The number of nitrogens with zero attached hydrogens (tertiary/aromatic N) is 1. The number of aromatic nitrogens is 1. The lowest BCUT2D eigenvalue weighted by molar-refractivity contribution is 0.563. The Hall–Kier alpha value is -1.44. The van der Waals surface area contributed by atoms with Crippen molar-refractivity contribution in [3.05, 3.63) is 39.7 Å². The van der Waals surface area contributed by atoms with Crippen molar-refractivity contribution in [1.82, 2.24) is 9.71 Å². The third kappa shape index (κ3) is 3.00. The van der Waals surface area contributed by atoms with Crippen LogP contribution in [0.15, 0.2) is 29.4 Å². The Morgan fingerprint density at radius 1 is 1.40 bits per heavy atom. The summed E-state index contributed by atoms with van der Waals surface area (Å²) in [5.74, 6) is 0. The molecule has 20 heavy (non-hydrogen) atoms. The number of thiophene rings is 1. The molecule has 0 saturated heterocycles. The van der Waals surface area contributed by atoms with E-state index in [1.807, 2.05) is 26.8 Å². The number of anilines is 1. The second-order valence-corrected chi connectivity index (χ2v) is 7.70. The predicted molar refractivity (Wildman–Crippen MR) is 81.2 cm³/mol. The summed E-state index contributed by atoms with van der Waals surface area (Å²) in [5, 5.41) is -0.128. The zero-order valence-electron chi connectivity index (χ0n) is 11.5. The molecule has 1 unspecified atom stereocenters. The van der Waals surface area contributed by atoms with Crippen LogP contribution in [-0.4, -0.2) is 13.4 Å². The van der Waals surface area contributed by atoms with Crippen LogP contribution in [0.25, 0.3) is 0 Å². The minimum atomic E-state index is -3.73. The molecule has 2 heterocycles. The molecule has 0 aliphatic heterocycles. The Morgan fingerprint density at radius 3 is 2.65 bits per heavy atom. The Labute approximate surface area is 122 Å². The Balaban J connectivity index is 2.29. The number of hydrogen-bond donors (Lipinski definition) is 2. The predicted octanol–water partition coefficient (Wildman–Crippen LogP) is 2.38. The minimum absolute atomic E-state index is 0.128. The van der Waals surface area contributed by atoms with Gasteiger partial charge in [0.05, 0.1) is 5.69 Å². The fourth-order valence-electron chi connectivity index (χ4n) is 2.06. The molecule has 2 aromatic rings. The number of hydrogen-bond acceptors (Lipinski definition) is 5. The van der Waals surface area contributed by atoms with Crippen LogP contribution in [0, 0.1) is 13.8 Å². The zero-order chi connectivity index (χ0) is 14.9. The van der Waals surface area contributed by atoms with Gasteiger partial charge in [-0.3, -0.25) is 0 Å². The summed E-state index contributed by atoms with van der Waals surface area (Å²) in [7, 11) is -3.73. The maximum absolute atomic E-state index is 12.3. The van der Waals surface area contributed by atoms with Crippen LogP contribution in [0.2, 0.25) is 0 Å². The van der Waals surface area contributed by atoms with Crippen molar-refractivity contribution in [2.24, 2.45) is 0 Å². The molecule has 0 amide bonds. The maximum Gasteiger partial charge on any atom is 0.260 e. The standard InChI is InChI=1S/C13H17N3O2S2/c1-8-7-11(10(3)19-8)9(2)16-20(17,18)13-12(14)5-4-6-15-13/h4-7,9,16H,14H2,1-3H3. The normalized spacial score (nSPS) is 13.3. The highest BCUT2D eigenvalue weighted by Gasteiger charge is 2.23. The highest BCUT2D eigenvalue weighted by Crippen LogP contribution is 2.27. The molecule has 7 heteroatoms. The van der Waals surface area contributed by atoms with Crippen molar-refractivity contribution in [3.63, 3.8) is 0 Å². The van der Waals surface area contributed by atoms with E-state index < -0.39 is 10.0 Å². The highest BCUT2D eigenvalue weighted by molar-refractivity contribution is 7.89. The van der Waals surface area contributed by atoms with Gasteiger partial charge in [-0.15, -0.1) is 11.3 Å². The van der Waals surface area contributed by atoms with Gasteiger partial charge in [0.1, 0.15) is 0 Å². The van der Waals surface area contributed by atoms with Crippen LogP contribution < -0.4 is 10.5 Å². The largest absolute Gasteiger partial charge is 0.396 e. The van der Waals surface area contributed by atoms with Crippen LogP contribution >= 0.6 is 11.3 Å². The molecular formula is C13H17N3O2S2. The number of nitrogens with one attached hydrogen (secondary N) is 1. The van der Waals surface area contributed by atoms with Gasteiger partial charge in [0.25, 0.3) is 10.0 Å². The molecule has 2 aromatic heterocycles. The summed E-state index contributed by atoms with van der Waals surface area (Å²) >= 11 is 1.65. The number of rotatable bonds is 4. The SMILES string of the molecule is Cc1cc(C(C)NS(=O)(=O)c2ncccc2N)c(C)s1. The van der Waals surface area contributed by atoms with Crippen LogP contribution in [0.3, 0.4) is 0 Å². The average Bonchev–Trinajstić information content (AvgIpc) is 2.68. The molecule has 0 aliphatic carbocycles. The van der Waals surface area contributed by atoms with E-state index in [4.69, 9.17) is 5.73 Å². The molecule has 0 aliphatic rings. The first-order valence-corrected chi connectivity index (χ1v) is 8.41. The highest BCUT2D eigenvalue weighted by atomic mass is 32.2. The van der Waals surface area contributed by atoms with Gasteiger partial charge in [-0.25, -0.2) is 18.1 Å². The second kappa shape index (κ2) is 5.51. The summed E-state index contributed by atoms with van der Waals surface area (Å²) < 4.78 is 27.2. The van der Waals surface area contributed by atoms with Crippen LogP contribution in [0.4, 0.5) is 5.69 Å². The lowest BCUT2D eigenvalue weighted by Crippen LogP contribution is -2.28. The summed E-state index contributed by atoms with van der Waals surface area (Å²) in [4.78, 5) is 6.11. The molecule has 1 atom stereocenters. The first-order valence-electron chi connectivity index (χ1n) is 6.11. The van der Waals surface area contributed by atoms with Crippen LogP contribution in [0.1, 0.15) is 28.3 Å². The molecule has 0 fully saturated rings. The molecule has 0 radical (unpaired) electrons. The van der Waals surface area contributed by atoms with Crippen LogP contribution in [-0.2, 0) is 10.0 Å². The van der Waals surface area contributed by atoms with E-state index in [9.17, 15) is 8.42 Å². The van der Waals surface area contributed by atoms with Crippen molar-refractivity contribution in [2.45, 2.75) is 31.8 Å². The van der Waals surface area contributed by atoms with Gasteiger partial charge in [-0.05, 0) is 44.5 Å². The zero-order valence-corrected chi connectivity index (χ0v) is 13.2. The number of sulfonamides is 1. The average molecular weight is 311 g/mol. The smallest absolute Gasteiger partial charge is 0.260 e. The van der Waals surface area contributed by atoms with Crippen molar-refractivity contribution >= 4 is 27.0 Å². The lowest BCUT2D eigenvalue weighted by Gasteiger charge is -2.14. The Kier molecular flexibility index (Phi) is 4.12. The van der Waals surface area contributed by atoms with E-state index >= 15 is 0 Å². The van der Waals surface area contributed by atoms with E-state index in [2.05, 4.69) is 9.71 Å². The fourth-order valence-corrected chi connectivity index (χ4v) is 4.36. The first kappa shape index (κ1) is 15.0. The molecular weight excluding hydrogens is 294 g/mol. The number of aryl methyl sites for hydroxylation is 2. The van der Waals surface area contributed by atoms with Crippen LogP contribution in [0.5, 0.6) is 0 Å². The number of pyridine rings is 1. The molecule has 108 valence electrons. The van der Waals surface area contributed by atoms with E-state index in [0.29, 0.717) is 0 Å². The molecule has 2 rings (SSSR count). The van der Waals surface area contributed by atoms with Gasteiger partial charge in [-0.1, -0.05) is 0 Å². The van der Waals surface area contributed by atoms with Gasteiger partial charge in [-0.2, -0.15) is 0 Å². The Morgan fingerprint density at radius 2 is 2.10 bits per heavy atom. The summed E-state index contributed by atoms with van der Waals surface area (Å²) in [6.45, 7) is 5.79. The summed E-state index contributed by atoms with van der Waals surface area (Å²) in [5.41, 5.74) is 6.80. The molecule has 3 N–H and O–H groups in total. The van der Waals surface area contributed by atoms with Crippen molar-refractivity contribution in [3.8, 4) is 0 Å². The molecule has 0 spiro atoms. The third-order valence-corrected chi connectivity index (χ3v) is 5.43. The third-order valence-electron chi connectivity index (χ3n) is 2.93. The van der Waals surface area contributed by atoms with Gasteiger partial charge >= 0.3 is 0 Å². The minimum Gasteiger partial charge on any atom is -0.396 e. The fraction of sp³-hybridized carbons (Fsp3) is 0.308. The number of nitrogens with two attached hydrogens (primary N) is 1. The Bertz CT molecular complexity index is 723.